The number of methoxy groups -OCH3 is 1. The summed E-state index contributed by atoms with van der Waals surface area (Å²) in [6.45, 7) is 3.45. The Balaban J connectivity index is 1.39. The molecule has 0 saturated carbocycles. The summed E-state index contributed by atoms with van der Waals surface area (Å²) in [5.74, 6) is 2.16. The Hall–Kier alpha value is -3.06. The third kappa shape index (κ3) is 4.26. The van der Waals surface area contributed by atoms with E-state index in [0.717, 1.165) is 37.6 Å². The summed E-state index contributed by atoms with van der Waals surface area (Å²) in [6.07, 6.45) is 1.62. The zero-order chi connectivity index (χ0) is 19.3. The SMILES string of the molecule is COc1ccc(N2CCN(c3nncc(Nc4ccc(Cl)cc4)n3)CC2)cc1. The number of anilines is 4. The number of benzene rings is 2. The normalized spacial score (nSPS) is 14.1. The fourth-order valence-electron chi connectivity index (χ4n) is 3.13. The van der Waals surface area contributed by atoms with E-state index in [1.165, 1.54) is 5.69 Å². The second-order valence-corrected chi connectivity index (χ2v) is 6.88. The van der Waals surface area contributed by atoms with Gasteiger partial charge in [0.05, 0.1) is 13.3 Å². The molecule has 144 valence electrons. The monoisotopic (exact) mass is 396 g/mol. The largest absolute Gasteiger partial charge is 0.497 e. The highest BCUT2D eigenvalue weighted by Gasteiger charge is 2.20. The average molecular weight is 397 g/mol. The molecule has 0 spiro atoms. The highest BCUT2D eigenvalue weighted by Crippen LogP contribution is 2.22. The van der Waals surface area contributed by atoms with Crippen LogP contribution in [0.1, 0.15) is 0 Å². The van der Waals surface area contributed by atoms with Gasteiger partial charge in [-0.25, -0.2) is 0 Å². The fraction of sp³-hybridized carbons (Fsp3) is 0.250. The molecule has 0 bridgehead atoms. The summed E-state index contributed by atoms with van der Waals surface area (Å²) in [4.78, 5) is 9.11. The van der Waals surface area contributed by atoms with Crippen molar-refractivity contribution in [3.05, 3.63) is 59.8 Å². The van der Waals surface area contributed by atoms with Gasteiger partial charge in [0.25, 0.3) is 0 Å². The van der Waals surface area contributed by atoms with Crippen LogP contribution in [-0.4, -0.2) is 48.5 Å². The number of ether oxygens (including phenoxy) is 1. The van der Waals surface area contributed by atoms with Gasteiger partial charge in [-0.3, -0.25) is 0 Å². The molecule has 1 aliphatic rings. The van der Waals surface area contributed by atoms with Crippen LogP contribution in [0.15, 0.2) is 54.7 Å². The van der Waals surface area contributed by atoms with Crippen LogP contribution in [0, 0.1) is 0 Å². The van der Waals surface area contributed by atoms with Crippen molar-refractivity contribution in [2.45, 2.75) is 0 Å². The molecule has 4 rings (SSSR count). The van der Waals surface area contributed by atoms with Gasteiger partial charge < -0.3 is 19.9 Å². The molecule has 1 N–H and O–H groups in total. The van der Waals surface area contributed by atoms with Crippen molar-refractivity contribution in [2.75, 3.05) is 48.4 Å². The van der Waals surface area contributed by atoms with Gasteiger partial charge in [-0.05, 0) is 48.5 Å². The standard InChI is InChI=1S/C20H21ClN6O/c1-28-18-8-6-17(7-9-18)26-10-12-27(13-11-26)20-24-19(14-22-25-20)23-16-4-2-15(21)3-5-16/h2-9,14H,10-13H2,1H3,(H,23,24,25). The number of rotatable bonds is 5. The first-order valence-electron chi connectivity index (χ1n) is 9.07. The molecule has 1 aromatic heterocycles. The van der Waals surface area contributed by atoms with Crippen LogP contribution in [0.3, 0.4) is 0 Å². The lowest BCUT2D eigenvalue weighted by Gasteiger charge is -2.36. The van der Waals surface area contributed by atoms with E-state index in [4.69, 9.17) is 16.3 Å². The van der Waals surface area contributed by atoms with Crippen molar-refractivity contribution >= 4 is 34.7 Å². The van der Waals surface area contributed by atoms with Gasteiger partial charge in [-0.15, -0.1) is 5.10 Å². The zero-order valence-electron chi connectivity index (χ0n) is 15.5. The minimum Gasteiger partial charge on any atom is -0.497 e. The van der Waals surface area contributed by atoms with Gasteiger partial charge in [0.2, 0.25) is 5.95 Å². The second-order valence-electron chi connectivity index (χ2n) is 6.45. The molecule has 1 saturated heterocycles. The van der Waals surface area contributed by atoms with Crippen LogP contribution >= 0.6 is 11.6 Å². The molecule has 1 aliphatic heterocycles. The number of halogens is 1. The molecule has 0 aliphatic carbocycles. The molecule has 0 atom stereocenters. The van der Waals surface area contributed by atoms with Crippen molar-refractivity contribution < 1.29 is 4.74 Å². The van der Waals surface area contributed by atoms with E-state index in [1.807, 2.05) is 36.4 Å². The Labute approximate surface area is 168 Å². The summed E-state index contributed by atoms with van der Waals surface area (Å²) in [6, 6.07) is 15.6. The Bertz CT molecular complexity index is 911. The van der Waals surface area contributed by atoms with Gasteiger partial charge >= 0.3 is 0 Å². The first kappa shape index (κ1) is 18.3. The molecule has 2 heterocycles. The minimum absolute atomic E-state index is 0.633. The number of aromatic nitrogens is 3. The van der Waals surface area contributed by atoms with E-state index in [0.29, 0.717) is 16.8 Å². The van der Waals surface area contributed by atoms with E-state index in [2.05, 4.69) is 42.4 Å². The maximum absolute atomic E-state index is 5.93. The van der Waals surface area contributed by atoms with E-state index in [9.17, 15) is 0 Å². The highest BCUT2D eigenvalue weighted by atomic mass is 35.5. The number of piperazine rings is 1. The van der Waals surface area contributed by atoms with Crippen LogP contribution in [0.4, 0.5) is 23.1 Å². The molecule has 28 heavy (non-hydrogen) atoms. The molecule has 8 heteroatoms. The average Bonchev–Trinajstić information content (AvgIpc) is 2.76. The van der Waals surface area contributed by atoms with E-state index < -0.39 is 0 Å². The van der Waals surface area contributed by atoms with Gasteiger partial charge in [-0.2, -0.15) is 10.1 Å². The Kier molecular flexibility index (Phi) is 5.43. The van der Waals surface area contributed by atoms with Crippen molar-refractivity contribution in [3.8, 4) is 5.75 Å². The molecule has 0 unspecified atom stereocenters. The lowest BCUT2D eigenvalue weighted by Crippen LogP contribution is -2.47. The quantitative estimate of drug-likeness (QED) is 0.706. The first-order chi connectivity index (χ1) is 13.7. The van der Waals surface area contributed by atoms with Crippen LogP contribution in [0.25, 0.3) is 0 Å². The number of nitrogens with one attached hydrogen (secondary N) is 1. The molecular formula is C20H21ClN6O. The molecule has 7 nitrogen and oxygen atoms in total. The first-order valence-corrected chi connectivity index (χ1v) is 9.45. The highest BCUT2D eigenvalue weighted by molar-refractivity contribution is 6.30. The van der Waals surface area contributed by atoms with Crippen LogP contribution in [-0.2, 0) is 0 Å². The Morgan fingerprint density at radius 3 is 2.29 bits per heavy atom. The summed E-state index contributed by atoms with van der Waals surface area (Å²) in [5, 5.41) is 12.2. The number of hydrogen-bond acceptors (Lipinski definition) is 7. The molecule has 0 amide bonds. The summed E-state index contributed by atoms with van der Waals surface area (Å²) >= 11 is 5.93. The summed E-state index contributed by atoms with van der Waals surface area (Å²) < 4.78 is 5.23. The molecule has 1 fully saturated rings. The lowest BCUT2D eigenvalue weighted by molar-refractivity contribution is 0.415. The number of hydrogen-bond donors (Lipinski definition) is 1. The second kappa shape index (κ2) is 8.31. The predicted molar refractivity (Wildman–Crippen MR) is 112 cm³/mol. The topological polar surface area (TPSA) is 66.4 Å². The summed E-state index contributed by atoms with van der Waals surface area (Å²) in [7, 11) is 1.68. The molecule has 0 radical (unpaired) electrons. The van der Waals surface area contributed by atoms with Crippen LogP contribution < -0.4 is 19.9 Å². The Morgan fingerprint density at radius 2 is 1.61 bits per heavy atom. The van der Waals surface area contributed by atoms with E-state index >= 15 is 0 Å². The lowest BCUT2D eigenvalue weighted by atomic mass is 10.2. The molecule has 3 aromatic rings. The third-order valence-corrected chi connectivity index (χ3v) is 4.92. The van der Waals surface area contributed by atoms with Crippen LogP contribution in [0.5, 0.6) is 5.75 Å². The van der Waals surface area contributed by atoms with Crippen molar-refractivity contribution in [3.63, 3.8) is 0 Å². The van der Waals surface area contributed by atoms with Gasteiger partial charge in [0, 0.05) is 42.6 Å². The van der Waals surface area contributed by atoms with E-state index in [-0.39, 0.29) is 0 Å². The fourth-order valence-corrected chi connectivity index (χ4v) is 3.25. The summed E-state index contributed by atoms with van der Waals surface area (Å²) in [5.41, 5.74) is 2.10. The van der Waals surface area contributed by atoms with E-state index in [1.54, 1.807) is 13.3 Å². The minimum atomic E-state index is 0.633. The Morgan fingerprint density at radius 1 is 0.929 bits per heavy atom. The van der Waals surface area contributed by atoms with Crippen LogP contribution in [0.2, 0.25) is 5.02 Å². The van der Waals surface area contributed by atoms with Crippen molar-refractivity contribution in [2.24, 2.45) is 0 Å². The maximum atomic E-state index is 5.93. The molecular weight excluding hydrogens is 376 g/mol. The zero-order valence-corrected chi connectivity index (χ0v) is 16.3. The van der Waals surface area contributed by atoms with Gasteiger partial charge in [-0.1, -0.05) is 11.6 Å². The molecule has 2 aromatic carbocycles. The third-order valence-electron chi connectivity index (χ3n) is 4.66. The predicted octanol–water partition coefficient (Wildman–Crippen LogP) is 3.60. The van der Waals surface area contributed by atoms with Gasteiger partial charge in [0.1, 0.15) is 5.75 Å². The van der Waals surface area contributed by atoms with Gasteiger partial charge in [0.15, 0.2) is 5.82 Å². The van der Waals surface area contributed by atoms with Crippen molar-refractivity contribution in [1.82, 2.24) is 15.2 Å². The number of nitrogens with zero attached hydrogens (tertiary/aromatic N) is 5. The maximum Gasteiger partial charge on any atom is 0.247 e. The smallest absolute Gasteiger partial charge is 0.247 e. The van der Waals surface area contributed by atoms with Crippen molar-refractivity contribution in [1.29, 1.82) is 0 Å².